The van der Waals surface area contributed by atoms with Crippen molar-refractivity contribution in [3.8, 4) is 5.75 Å². The van der Waals surface area contributed by atoms with E-state index in [1.807, 2.05) is 24.3 Å². The summed E-state index contributed by atoms with van der Waals surface area (Å²) >= 11 is 0. The van der Waals surface area contributed by atoms with Crippen molar-refractivity contribution in [3.63, 3.8) is 0 Å². The van der Waals surface area contributed by atoms with Crippen LogP contribution in [0.5, 0.6) is 5.75 Å². The highest BCUT2D eigenvalue weighted by Crippen LogP contribution is 2.19. The van der Waals surface area contributed by atoms with Gasteiger partial charge in [0.25, 0.3) is 0 Å². The molecule has 1 rings (SSSR count). The Labute approximate surface area is 125 Å². The van der Waals surface area contributed by atoms with Gasteiger partial charge in [0, 0.05) is 28.3 Å². The minimum absolute atomic E-state index is 0.149. The zero-order chi connectivity index (χ0) is 15.0. The summed E-state index contributed by atoms with van der Waals surface area (Å²) in [6.45, 7) is 7.26. The van der Waals surface area contributed by atoms with Crippen LogP contribution in [0.15, 0.2) is 24.3 Å². The first-order chi connectivity index (χ1) is 9.60. The number of rotatable bonds is 9. The summed E-state index contributed by atoms with van der Waals surface area (Å²) in [5, 5.41) is 3.42. The van der Waals surface area contributed by atoms with Gasteiger partial charge in [-0.05, 0) is 30.2 Å². The van der Waals surface area contributed by atoms with Crippen molar-refractivity contribution in [2.75, 3.05) is 25.2 Å². The molecule has 0 fully saturated rings. The first kappa shape index (κ1) is 17.2. The summed E-state index contributed by atoms with van der Waals surface area (Å²) in [5.41, 5.74) is 1.17. The molecule has 3 nitrogen and oxygen atoms in total. The maximum Gasteiger partial charge on any atom is 0.118 e. The van der Waals surface area contributed by atoms with Crippen LogP contribution in [0.2, 0.25) is 0 Å². The lowest BCUT2D eigenvalue weighted by atomic mass is 10.1. The van der Waals surface area contributed by atoms with Gasteiger partial charge in [0.05, 0.1) is 7.11 Å². The Bertz CT molecular complexity index is 405. The van der Waals surface area contributed by atoms with E-state index >= 15 is 0 Å². The molecule has 1 aromatic carbocycles. The number of ether oxygens (including phenoxy) is 1. The minimum atomic E-state index is -0.783. The topological polar surface area (TPSA) is 38.3 Å². The van der Waals surface area contributed by atoms with Crippen LogP contribution in [0.1, 0.15) is 38.8 Å². The molecule has 0 aliphatic heterocycles. The Morgan fingerprint density at radius 1 is 1.20 bits per heavy atom. The number of hydrogen-bond donors (Lipinski definition) is 1. The standard InChI is InChI=1S/C16H27NO2S/c1-5-13(3)11-20(18)12-16(17-6-2)14-7-9-15(19-4)10-8-14/h7-10,13,16-17H,5-6,11-12H2,1-4H3. The van der Waals surface area contributed by atoms with Gasteiger partial charge in [0.1, 0.15) is 5.75 Å². The molecule has 0 saturated heterocycles. The summed E-state index contributed by atoms with van der Waals surface area (Å²) in [6, 6.07) is 8.16. The van der Waals surface area contributed by atoms with E-state index in [1.54, 1.807) is 7.11 Å². The first-order valence-electron chi connectivity index (χ1n) is 7.32. The van der Waals surface area contributed by atoms with E-state index in [-0.39, 0.29) is 6.04 Å². The molecule has 0 aromatic heterocycles. The van der Waals surface area contributed by atoms with Crippen molar-refractivity contribution >= 4 is 10.8 Å². The molecule has 4 heteroatoms. The van der Waals surface area contributed by atoms with Gasteiger partial charge < -0.3 is 10.1 Å². The van der Waals surface area contributed by atoms with Crippen LogP contribution in [0.3, 0.4) is 0 Å². The third-order valence-electron chi connectivity index (χ3n) is 3.49. The number of hydrogen-bond acceptors (Lipinski definition) is 3. The summed E-state index contributed by atoms with van der Waals surface area (Å²) in [5.74, 6) is 2.83. The third kappa shape index (κ3) is 5.63. The predicted octanol–water partition coefficient (Wildman–Crippen LogP) is 3.14. The molecule has 3 atom stereocenters. The van der Waals surface area contributed by atoms with Crippen LogP contribution >= 0.6 is 0 Å². The highest BCUT2D eigenvalue weighted by molar-refractivity contribution is 7.85. The van der Waals surface area contributed by atoms with E-state index in [1.165, 1.54) is 5.56 Å². The van der Waals surface area contributed by atoms with Crippen LogP contribution in [0.4, 0.5) is 0 Å². The third-order valence-corrected chi connectivity index (χ3v) is 5.13. The van der Waals surface area contributed by atoms with Crippen molar-refractivity contribution in [3.05, 3.63) is 29.8 Å². The Morgan fingerprint density at radius 2 is 1.85 bits per heavy atom. The molecule has 1 N–H and O–H groups in total. The second kappa shape index (κ2) is 9.14. The Kier molecular flexibility index (Phi) is 7.85. The van der Waals surface area contributed by atoms with Crippen LogP contribution in [-0.2, 0) is 10.8 Å². The number of benzene rings is 1. The first-order valence-corrected chi connectivity index (χ1v) is 8.81. The number of nitrogens with one attached hydrogen (secondary N) is 1. The molecule has 0 aliphatic rings. The zero-order valence-corrected chi connectivity index (χ0v) is 13.8. The zero-order valence-electron chi connectivity index (χ0n) is 13.0. The van der Waals surface area contributed by atoms with Gasteiger partial charge in [-0.3, -0.25) is 4.21 Å². The van der Waals surface area contributed by atoms with Crippen molar-refractivity contribution in [1.29, 1.82) is 0 Å². The average molecular weight is 297 g/mol. The van der Waals surface area contributed by atoms with E-state index in [0.717, 1.165) is 24.5 Å². The van der Waals surface area contributed by atoms with Crippen molar-refractivity contribution in [2.45, 2.75) is 33.2 Å². The maximum atomic E-state index is 12.2. The summed E-state index contributed by atoms with van der Waals surface area (Å²) in [6.07, 6.45) is 1.08. The molecular formula is C16H27NO2S. The lowest BCUT2D eigenvalue weighted by Crippen LogP contribution is -2.27. The SMILES string of the molecule is CCNC(CS(=O)CC(C)CC)c1ccc(OC)cc1. The molecule has 0 heterocycles. The average Bonchev–Trinajstić information content (AvgIpc) is 2.46. The molecule has 0 spiro atoms. The Balaban J connectivity index is 2.69. The largest absolute Gasteiger partial charge is 0.497 e. The normalized spacial score (nSPS) is 15.6. The maximum absolute atomic E-state index is 12.2. The predicted molar refractivity (Wildman–Crippen MR) is 86.7 cm³/mol. The van der Waals surface area contributed by atoms with Gasteiger partial charge in [-0.2, -0.15) is 0 Å². The van der Waals surface area contributed by atoms with Gasteiger partial charge in [0.15, 0.2) is 0 Å². The Morgan fingerprint density at radius 3 is 2.35 bits per heavy atom. The van der Waals surface area contributed by atoms with E-state index in [0.29, 0.717) is 11.7 Å². The Hall–Kier alpha value is -0.870. The highest BCUT2D eigenvalue weighted by Gasteiger charge is 2.15. The fraction of sp³-hybridized carbons (Fsp3) is 0.625. The van der Waals surface area contributed by atoms with Gasteiger partial charge in [0.2, 0.25) is 0 Å². The van der Waals surface area contributed by atoms with E-state index in [9.17, 15) is 4.21 Å². The van der Waals surface area contributed by atoms with Crippen molar-refractivity contribution in [2.24, 2.45) is 5.92 Å². The lowest BCUT2D eigenvalue weighted by molar-refractivity contribution is 0.414. The van der Waals surface area contributed by atoms with Gasteiger partial charge in [-0.1, -0.05) is 39.3 Å². The smallest absolute Gasteiger partial charge is 0.118 e. The second-order valence-corrected chi connectivity index (χ2v) is 6.72. The summed E-state index contributed by atoms with van der Waals surface area (Å²) < 4.78 is 17.4. The second-order valence-electron chi connectivity index (χ2n) is 5.17. The molecule has 20 heavy (non-hydrogen) atoms. The lowest BCUT2D eigenvalue weighted by Gasteiger charge is -2.19. The van der Waals surface area contributed by atoms with Crippen LogP contribution in [-0.4, -0.2) is 29.4 Å². The molecule has 0 aliphatic carbocycles. The summed E-state index contributed by atoms with van der Waals surface area (Å²) in [7, 11) is 0.882. The van der Waals surface area contributed by atoms with E-state index in [2.05, 4.69) is 26.1 Å². The fourth-order valence-electron chi connectivity index (χ4n) is 2.04. The van der Waals surface area contributed by atoms with Gasteiger partial charge in [-0.25, -0.2) is 0 Å². The van der Waals surface area contributed by atoms with Gasteiger partial charge >= 0.3 is 0 Å². The molecule has 1 aromatic rings. The molecule has 0 radical (unpaired) electrons. The molecule has 0 saturated carbocycles. The molecule has 114 valence electrons. The fourth-order valence-corrected chi connectivity index (χ4v) is 3.73. The molecule has 3 unspecified atom stereocenters. The van der Waals surface area contributed by atoms with Crippen molar-refractivity contribution < 1.29 is 8.95 Å². The van der Waals surface area contributed by atoms with E-state index < -0.39 is 10.8 Å². The van der Waals surface area contributed by atoms with Crippen LogP contribution in [0, 0.1) is 5.92 Å². The molecule has 0 amide bonds. The molecular weight excluding hydrogens is 270 g/mol. The van der Waals surface area contributed by atoms with E-state index in [4.69, 9.17) is 4.74 Å². The minimum Gasteiger partial charge on any atom is -0.497 e. The highest BCUT2D eigenvalue weighted by atomic mass is 32.2. The monoisotopic (exact) mass is 297 g/mol. The quantitative estimate of drug-likeness (QED) is 0.761. The summed E-state index contributed by atoms with van der Waals surface area (Å²) in [4.78, 5) is 0. The van der Waals surface area contributed by atoms with Crippen LogP contribution < -0.4 is 10.1 Å². The van der Waals surface area contributed by atoms with Crippen LogP contribution in [0.25, 0.3) is 0 Å². The number of methoxy groups -OCH3 is 1. The van der Waals surface area contributed by atoms with Gasteiger partial charge in [-0.15, -0.1) is 0 Å². The molecule has 0 bridgehead atoms. The van der Waals surface area contributed by atoms with Crippen molar-refractivity contribution in [1.82, 2.24) is 5.32 Å².